The van der Waals surface area contributed by atoms with Gasteiger partial charge in [0.25, 0.3) is 10.0 Å². The summed E-state index contributed by atoms with van der Waals surface area (Å²) >= 11 is 0. The lowest BCUT2D eigenvalue weighted by Gasteiger charge is -2.28. The molecule has 2 aliphatic rings. The van der Waals surface area contributed by atoms with Crippen LogP contribution in [0.2, 0.25) is 0 Å². The van der Waals surface area contributed by atoms with Crippen LogP contribution in [0.15, 0.2) is 59.6 Å². The summed E-state index contributed by atoms with van der Waals surface area (Å²) in [4.78, 5) is 2.29. The maximum absolute atomic E-state index is 12.8. The zero-order valence-corrected chi connectivity index (χ0v) is 18.5. The minimum atomic E-state index is -3.78. The normalized spacial score (nSPS) is 15.7. The van der Waals surface area contributed by atoms with E-state index in [2.05, 4.69) is 25.1 Å². The lowest BCUT2D eigenvalue weighted by Crippen LogP contribution is -2.36. The molecule has 0 unspecified atom stereocenters. The SMILES string of the molecule is O=S(=O)(Nc1ccc(Nc2cc(N3CCOCC3)cnn2)cc1)c1ccc2c(c1)OCCO2. The van der Waals surface area contributed by atoms with E-state index >= 15 is 0 Å². The maximum atomic E-state index is 12.8. The lowest BCUT2D eigenvalue weighted by molar-refractivity contribution is 0.122. The molecule has 11 heteroatoms. The number of rotatable bonds is 6. The van der Waals surface area contributed by atoms with Crippen molar-refractivity contribution in [3.8, 4) is 11.5 Å². The Labute approximate surface area is 191 Å². The van der Waals surface area contributed by atoms with E-state index in [0.717, 1.165) is 24.5 Å². The third-order valence-electron chi connectivity index (χ3n) is 5.25. The zero-order chi connectivity index (χ0) is 22.7. The molecule has 33 heavy (non-hydrogen) atoms. The van der Waals surface area contributed by atoms with Gasteiger partial charge in [0.15, 0.2) is 17.3 Å². The van der Waals surface area contributed by atoms with Gasteiger partial charge in [0.2, 0.25) is 0 Å². The van der Waals surface area contributed by atoms with Crippen LogP contribution in [0.3, 0.4) is 0 Å². The molecule has 0 amide bonds. The molecule has 2 aliphatic heterocycles. The summed E-state index contributed by atoms with van der Waals surface area (Å²) < 4.78 is 44.5. The summed E-state index contributed by atoms with van der Waals surface area (Å²) in [5.74, 6) is 1.56. The van der Waals surface area contributed by atoms with E-state index in [0.29, 0.717) is 49.4 Å². The van der Waals surface area contributed by atoms with Crippen LogP contribution in [-0.2, 0) is 14.8 Å². The molecule has 0 bridgehead atoms. The van der Waals surface area contributed by atoms with Gasteiger partial charge < -0.3 is 24.4 Å². The highest BCUT2D eigenvalue weighted by molar-refractivity contribution is 7.92. The van der Waals surface area contributed by atoms with Crippen LogP contribution in [0.1, 0.15) is 0 Å². The van der Waals surface area contributed by atoms with Crippen molar-refractivity contribution in [3.05, 3.63) is 54.7 Å². The smallest absolute Gasteiger partial charge is 0.262 e. The Bertz CT molecular complexity index is 1230. The van der Waals surface area contributed by atoms with Gasteiger partial charge in [-0.25, -0.2) is 8.42 Å². The van der Waals surface area contributed by atoms with Crippen molar-refractivity contribution in [2.24, 2.45) is 0 Å². The first kappa shape index (κ1) is 21.3. The van der Waals surface area contributed by atoms with Crippen molar-refractivity contribution in [2.75, 3.05) is 54.5 Å². The number of anilines is 4. The van der Waals surface area contributed by atoms with Crippen molar-refractivity contribution in [1.82, 2.24) is 10.2 Å². The van der Waals surface area contributed by atoms with Gasteiger partial charge in [0.1, 0.15) is 13.2 Å². The van der Waals surface area contributed by atoms with Gasteiger partial charge in [-0.05, 0) is 36.4 Å². The minimum absolute atomic E-state index is 0.101. The first-order chi connectivity index (χ1) is 16.1. The van der Waals surface area contributed by atoms with Crippen molar-refractivity contribution in [2.45, 2.75) is 4.90 Å². The first-order valence-corrected chi connectivity index (χ1v) is 12.0. The van der Waals surface area contributed by atoms with E-state index < -0.39 is 10.0 Å². The Hall–Kier alpha value is -3.57. The first-order valence-electron chi connectivity index (χ1n) is 10.5. The molecular formula is C22H23N5O5S. The Kier molecular flexibility index (Phi) is 5.88. The molecule has 3 heterocycles. The van der Waals surface area contributed by atoms with Crippen LogP contribution in [-0.4, -0.2) is 58.1 Å². The van der Waals surface area contributed by atoms with E-state index in [1.165, 1.54) is 12.1 Å². The zero-order valence-electron chi connectivity index (χ0n) is 17.7. The number of morpholine rings is 1. The largest absolute Gasteiger partial charge is 0.486 e. The molecule has 1 aromatic heterocycles. The monoisotopic (exact) mass is 469 g/mol. The molecule has 0 atom stereocenters. The van der Waals surface area contributed by atoms with E-state index in [4.69, 9.17) is 14.2 Å². The molecule has 0 aliphatic carbocycles. The van der Waals surface area contributed by atoms with Gasteiger partial charge in [-0.15, -0.1) is 5.10 Å². The molecule has 0 spiro atoms. The fourth-order valence-electron chi connectivity index (χ4n) is 3.59. The fraction of sp³-hybridized carbons (Fsp3) is 0.273. The van der Waals surface area contributed by atoms with Gasteiger partial charge in [-0.2, -0.15) is 5.10 Å². The summed E-state index contributed by atoms with van der Waals surface area (Å²) in [6, 6.07) is 13.4. The van der Waals surface area contributed by atoms with Crippen LogP contribution in [0.4, 0.5) is 22.9 Å². The Morgan fingerprint density at radius 1 is 0.848 bits per heavy atom. The van der Waals surface area contributed by atoms with Crippen molar-refractivity contribution in [1.29, 1.82) is 0 Å². The highest BCUT2D eigenvalue weighted by atomic mass is 32.2. The molecule has 0 radical (unpaired) electrons. The molecule has 1 fully saturated rings. The van der Waals surface area contributed by atoms with Crippen molar-refractivity contribution >= 4 is 32.9 Å². The second kappa shape index (κ2) is 9.12. The summed E-state index contributed by atoms with van der Waals surface area (Å²) in [6.07, 6.45) is 1.73. The van der Waals surface area contributed by atoms with Crippen molar-refractivity contribution < 1.29 is 22.6 Å². The maximum Gasteiger partial charge on any atom is 0.262 e. The Morgan fingerprint density at radius 2 is 1.58 bits per heavy atom. The third-order valence-corrected chi connectivity index (χ3v) is 6.63. The Balaban J connectivity index is 1.26. The summed E-state index contributed by atoms with van der Waals surface area (Å²) in [5.41, 5.74) is 2.16. The van der Waals surface area contributed by atoms with Gasteiger partial charge in [0.05, 0.1) is 30.0 Å². The number of hydrogen-bond acceptors (Lipinski definition) is 9. The number of nitrogens with zero attached hydrogens (tertiary/aromatic N) is 3. The van der Waals surface area contributed by atoms with Crippen LogP contribution in [0, 0.1) is 0 Å². The number of fused-ring (bicyclic) bond motifs is 1. The average Bonchev–Trinajstić information content (AvgIpc) is 2.85. The number of hydrogen-bond donors (Lipinski definition) is 2. The van der Waals surface area contributed by atoms with Crippen LogP contribution in [0.5, 0.6) is 11.5 Å². The van der Waals surface area contributed by atoms with Crippen molar-refractivity contribution in [3.63, 3.8) is 0 Å². The second-order valence-electron chi connectivity index (χ2n) is 7.51. The van der Waals surface area contributed by atoms with E-state index in [-0.39, 0.29) is 4.90 Å². The second-order valence-corrected chi connectivity index (χ2v) is 9.19. The number of sulfonamides is 1. The highest BCUT2D eigenvalue weighted by Gasteiger charge is 2.19. The standard InChI is InChI=1S/C22H23N5O5S/c28-33(29,19-5-6-20-21(14-19)32-12-11-31-20)26-17-3-1-16(2-4-17)24-22-13-18(15-23-25-22)27-7-9-30-10-8-27/h1-6,13-15,26H,7-12H2,(H,24,25). The number of ether oxygens (including phenoxy) is 3. The summed E-state index contributed by atoms with van der Waals surface area (Å²) in [6.45, 7) is 3.83. The number of benzene rings is 2. The van der Waals surface area contributed by atoms with Crippen LogP contribution < -0.4 is 24.4 Å². The number of aromatic nitrogens is 2. The molecule has 2 aromatic carbocycles. The molecular weight excluding hydrogens is 446 g/mol. The van der Waals surface area contributed by atoms with Crippen LogP contribution >= 0.6 is 0 Å². The third kappa shape index (κ3) is 4.94. The molecule has 0 saturated carbocycles. The summed E-state index contributed by atoms with van der Waals surface area (Å²) in [7, 11) is -3.78. The topological polar surface area (TPSA) is 115 Å². The molecule has 172 valence electrons. The fourth-order valence-corrected chi connectivity index (χ4v) is 4.66. The molecule has 1 saturated heterocycles. The van der Waals surface area contributed by atoms with E-state index in [1.807, 2.05) is 6.07 Å². The average molecular weight is 470 g/mol. The quantitative estimate of drug-likeness (QED) is 0.562. The number of nitrogens with one attached hydrogen (secondary N) is 2. The summed E-state index contributed by atoms with van der Waals surface area (Å²) in [5, 5.41) is 11.4. The predicted molar refractivity (Wildman–Crippen MR) is 123 cm³/mol. The van der Waals surface area contributed by atoms with E-state index in [1.54, 1.807) is 36.5 Å². The predicted octanol–water partition coefficient (Wildman–Crippen LogP) is 2.63. The minimum Gasteiger partial charge on any atom is -0.486 e. The van der Waals surface area contributed by atoms with Gasteiger partial charge in [0, 0.05) is 36.6 Å². The van der Waals surface area contributed by atoms with Gasteiger partial charge >= 0.3 is 0 Å². The molecule has 3 aromatic rings. The van der Waals surface area contributed by atoms with Crippen LogP contribution in [0.25, 0.3) is 0 Å². The molecule has 5 rings (SSSR count). The lowest BCUT2D eigenvalue weighted by atomic mass is 10.3. The van der Waals surface area contributed by atoms with Gasteiger partial charge in [-0.1, -0.05) is 0 Å². The molecule has 10 nitrogen and oxygen atoms in total. The van der Waals surface area contributed by atoms with Gasteiger partial charge in [-0.3, -0.25) is 4.72 Å². The van der Waals surface area contributed by atoms with E-state index in [9.17, 15) is 8.42 Å². The molecule has 2 N–H and O–H groups in total. The Morgan fingerprint density at radius 3 is 2.36 bits per heavy atom. The highest BCUT2D eigenvalue weighted by Crippen LogP contribution is 2.33.